The third kappa shape index (κ3) is 5.80. The van der Waals surface area contributed by atoms with Crippen molar-refractivity contribution in [3.63, 3.8) is 0 Å². The number of ether oxygens (including phenoxy) is 1. The smallest absolute Gasteiger partial charge is 0.323 e. The van der Waals surface area contributed by atoms with Crippen LogP contribution in [0.3, 0.4) is 0 Å². The minimum absolute atomic E-state index is 0.0828. The number of hydrogen-bond donors (Lipinski definition) is 2. The summed E-state index contributed by atoms with van der Waals surface area (Å²) in [5.41, 5.74) is 2.54. The van der Waals surface area contributed by atoms with Gasteiger partial charge in [-0.15, -0.1) is 0 Å². The molecule has 0 atom stereocenters. The number of nitrogens with one attached hydrogen (secondary N) is 2. The predicted octanol–water partition coefficient (Wildman–Crippen LogP) is 4.76. The lowest BCUT2D eigenvalue weighted by atomic mass is 10.1. The van der Waals surface area contributed by atoms with Crippen molar-refractivity contribution >= 4 is 50.3 Å². The fourth-order valence-corrected chi connectivity index (χ4v) is 5.20. The zero-order valence-electron chi connectivity index (χ0n) is 22.5. The number of hydrogen-bond acceptors (Lipinski definition) is 9. The van der Waals surface area contributed by atoms with E-state index in [-0.39, 0.29) is 22.9 Å². The lowest BCUT2D eigenvalue weighted by Crippen LogP contribution is -2.26. The number of sulfonamides is 1. The van der Waals surface area contributed by atoms with E-state index in [1.54, 1.807) is 60.1 Å². The largest absolute Gasteiger partial charge is 0.495 e. The molecule has 2 N–H and O–H groups in total. The first-order chi connectivity index (χ1) is 20.0. The molecule has 0 radical (unpaired) electrons. The van der Waals surface area contributed by atoms with Crippen molar-refractivity contribution in [2.75, 3.05) is 28.3 Å². The summed E-state index contributed by atoms with van der Waals surface area (Å²) < 4.78 is 34.0. The Morgan fingerprint density at radius 1 is 1.07 bits per heavy atom. The van der Waals surface area contributed by atoms with E-state index in [2.05, 4.69) is 25.6 Å². The number of amides is 2. The first-order valence-corrected chi connectivity index (χ1v) is 14.2. The number of urea groups is 1. The molecular weight excluding hydrogens is 564 g/mol. The van der Waals surface area contributed by atoms with Crippen LogP contribution >= 0.6 is 0 Å². The molecule has 14 nitrogen and oxygen atoms in total. The van der Waals surface area contributed by atoms with Crippen molar-refractivity contribution in [2.24, 2.45) is 0 Å². The van der Waals surface area contributed by atoms with Crippen molar-refractivity contribution in [3.05, 3.63) is 95.2 Å². The van der Waals surface area contributed by atoms with Crippen LogP contribution in [-0.2, 0) is 10.0 Å². The van der Waals surface area contributed by atoms with Gasteiger partial charge in [-0.3, -0.25) is 15.1 Å². The third-order valence-corrected chi connectivity index (χ3v) is 7.10. The van der Waals surface area contributed by atoms with Crippen LogP contribution in [0, 0.1) is 17.0 Å². The maximum absolute atomic E-state index is 13.0. The molecule has 42 heavy (non-hydrogen) atoms. The number of aromatic nitrogens is 4. The average Bonchev–Trinajstić information content (AvgIpc) is 3.41. The van der Waals surface area contributed by atoms with Gasteiger partial charge in [0, 0.05) is 53.9 Å². The molecule has 0 saturated carbocycles. The summed E-state index contributed by atoms with van der Waals surface area (Å²) in [7, 11) is -2.47. The number of pyridine rings is 1. The Morgan fingerprint density at radius 2 is 1.88 bits per heavy atom. The highest BCUT2D eigenvalue weighted by Crippen LogP contribution is 2.33. The van der Waals surface area contributed by atoms with Gasteiger partial charge in [-0.2, -0.15) is 0 Å². The number of non-ortho nitro benzene ring substituents is 1. The summed E-state index contributed by atoms with van der Waals surface area (Å²) in [6, 6.07) is 13.1. The van der Waals surface area contributed by atoms with Gasteiger partial charge in [0.25, 0.3) is 5.69 Å². The van der Waals surface area contributed by atoms with Gasteiger partial charge >= 0.3 is 6.03 Å². The number of nitro benzene ring substituents is 1. The molecule has 0 saturated heterocycles. The summed E-state index contributed by atoms with van der Waals surface area (Å²) in [6.07, 6.45) is 7.49. The summed E-state index contributed by atoms with van der Waals surface area (Å²) in [5.74, 6) is 0.328. The van der Waals surface area contributed by atoms with Crippen LogP contribution in [0.2, 0.25) is 0 Å². The number of anilines is 4. The van der Waals surface area contributed by atoms with E-state index in [4.69, 9.17) is 4.74 Å². The number of methoxy groups -OCH3 is 1. The monoisotopic (exact) mass is 588 g/mol. The Hall–Kier alpha value is -5.57. The van der Waals surface area contributed by atoms with Crippen molar-refractivity contribution in [1.82, 2.24) is 19.4 Å². The second-order valence-electron chi connectivity index (χ2n) is 9.09. The van der Waals surface area contributed by atoms with E-state index in [0.717, 1.165) is 10.6 Å². The first-order valence-electron chi connectivity index (χ1n) is 12.3. The summed E-state index contributed by atoms with van der Waals surface area (Å²) in [5, 5.41) is 16.4. The maximum atomic E-state index is 13.0. The maximum Gasteiger partial charge on any atom is 0.323 e. The molecule has 0 spiro atoms. The molecule has 3 heterocycles. The Labute approximate surface area is 239 Å². The first kappa shape index (κ1) is 28.0. The highest BCUT2D eigenvalue weighted by molar-refractivity contribution is 7.92. The number of nitrogens with zero attached hydrogens (tertiary/aromatic N) is 6. The van der Waals surface area contributed by atoms with Gasteiger partial charge in [0.05, 0.1) is 35.4 Å². The zero-order valence-corrected chi connectivity index (χ0v) is 23.4. The second-order valence-corrected chi connectivity index (χ2v) is 10.9. The molecule has 0 fully saturated rings. The molecule has 2 amide bonds. The van der Waals surface area contributed by atoms with Crippen LogP contribution in [0.4, 0.5) is 33.4 Å². The number of carbonyl (C=O) groups is 1. The van der Waals surface area contributed by atoms with Gasteiger partial charge < -0.3 is 19.8 Å². The zero-order chi connectivity index (χ0) is 30.0. The molecule has 3 aromatic heterocycles. The van der Waals surface area contributed by atoms with E-state index in [9.17, 15) is 23.3 Å². The molecule has 0 aliphatic rings. The van der Waals surface area contributed by atoms with Crippen LogP contribution in [0.25, 0.3) is 16.9 Å². The van der Waals surface area contributed by atoms with E-state index in [1.165, 1.54) is 37.7 Å². The number of rotatable bonds is 8. The minimum atomic E-state index is -3.85. The highest BCUT2D eigenvalue weighted by atomic mass is 32.2. The summed E-state index contributed by atoms with van der Waals surface area (Å²) >= 11 is 0. The lowest BCUT2D eigenvalue weighted by molar-refractivity contribution is -0.384. The normalized spacial score (nSPS) is 11.2. The highest BCUT2D eigenvalue weighted by Gasteiger charge is 2.26. The number of fused-ring (bicyclic) bond motifs is 1. The van der Waals surface area contributed by atoms with Gasteiger partial charge in [0.2, 0.25) is 10.0 Å². The molecule has 5 rings (SSSR count). The molecule has 0 bridgehead atoms. The Kier molecular flexibility index (Phi) is 7.41. The van der Waals surface area contributed by atoms with E-state index in [0.29, 0.717) is 34.0 Å². The second kappa shape index (κ2) is 11.1. The molecule has 5 aromatic rings. The average molecular weight is 589 g/mol. The SMILES string of the molecule is COc1ccc([N+](=O)[O-])cc1NC(=O)Nc1cccc(-c2cn3ccnc3c(N(c3ccnc(C)c3)S(C)(=O)=O)n2)c1. The fraction of sp³-hybridized carbons (Fsp3) is 0.111. The van der Waals surface area contributed by atoms with Crippen molar-refractivity contribution < 1.29 is 22.9 Å². The molecule has 2 aromatic carbocycles. The minimum Gasteiger partial charge on any atom is -0.495 e. The standard InChI is InChI=1S/C27H24N8O6S/c1-17-13-20(9-10-28-17)34(42(3,39)40)26-25-29-11-12-33(25)16-23(31-26)18-5-4-6-19(14-18)30-27(36)32-22-15-21(35(37)38)7-8-24(22)41-2/h4-16H,1-3H3,(H2,30,32,36). The van der Waals surface area contributed by atoms with Gasteiger partial charge in [-0.05, 0) is 37.3 Å². The van der Waals surface area contributed by atoms with Crippen LogP contribution in [-0.4, -0.2) is 52.1 Å². The number of benzene rings is 2. The molecule has 15 heteroatoms. The van der Waals surface area contributed by atoms with E-state index in [1.807, 2.05) is 0 Å². The molecular formula is C27H24N8O6S. The third-order valence-electron chi connectivity index (χ3n) is 6.05. The molecule has 214 valence electrons. The van der Waals surface area contributed by atoms with Crippen molar-refractivity contribution in [1.29, 1.82) is 0 Å². The quantitative estimate of drug-likeness (QED) is 0.191. The fourth-order valence-electron chi connectivity index (χ4n) is 4.27. The molecule has 0 unspecified atom stereocenters. The number of nitro groups is 1. The number of aryl methyl sites for hydroxylation is 1. The summed E-state index contributed by atoms with van der Waals surface area (Å²) in [4.78, 5) is 36.6. The van der Waals surface area contributed by atoms with Gasteiger partial charge in [0.15, 0.2) is 11.5 Å². The molecule has 0 aliphatic carbocycles. The predicted molar refractivity (Wildman–Crippen MR) is 157 cm³/mol. The molecule has 0 aliphatic heterocycles. The van der Waals surface area contributed by atoms with Gasteiger partial charge in [0.1, 0.15) is 5.75 Å². The number of carbonyl (C=O) groups excluding carboxylic acids is 1. The van der Waals surface area contributed by atoms with Crippen LogP contribution in [0.5, 0.6) is 5.75 Å². The van der Waals surface area contributed by atoms with Crippen molar-refractivity contribution in [3.8, 4) is 17.0 Å². The Bertz CT molecular complexity index is 1940. The van der Waals surface area contributed by atoms with Crippen LogP contribution in [0.1, 0.15) is 5.69 Å². The van der Waals surface area contributed by atoms with Crippen LogP contribution < -0.4 is 19.7 Å². The van der Waals surface area contributed by atoms with Gasteiger partial charge in [-0.1, -0.05) is 12.1 Å². The van der Waals surface area contributed by atoms with E-state index >= 15 is 0 Å². The van der Waals surface area contributed by atoms with Crippen LogP contribution in [0.15, 0.2) is 79.4 Å². The van der Waals surface area contributed by atoms with Crippen molar-refractivity contribution in [2.45, 2.75) is 6.92 Å². The summed E-state index contributed by atoms with van der Waals surface area (Å²) in [6.45, 7) is 1.75. The Morgan fingerprint density at radius 3 is 2.60 bits per heavy atom. The number of imidazole rings is 1. The Balaban J connectivity index is 1.50. The lowest BCUT2D eigenvalue weighted by Gasteiger charge is -2.22. The van der Waals surface area contributed by atoms with E-state index < -0.39 is 21.0 Å². The topological polar surface area (TPSA) is 174 Å². The van der Waals surface area contributed by atoms with Gasteiger partial charge in [-0.25, -0.2) is 27.5 Å².